The van der Waals surface area contributed by atoms with Gasteiger partial charge in [0, 0.05) is 16.1 Å². The maximum atomic E-state index is 13.4. The number of hydrogen-bond acceptors (Lipinski definition) is 1. The monoisotopic (exact) mass is 368 g/mol. The van der Waals surface area contributed by atoms with E-state index in [0.29, 0.717) is 9.99 Å². The molecule has 0 aliphatic carbocycles. The van der Waals surface area contributed by atoms with E-state index in [1.54, 1.807) is 6.07 Å². The summed E-state index contributed by atoms with van der Waals surface area (Å²) in [6.07, 6.45) is 0. The fourth-order valence-corrected chi connectivity index (χ4v) is 2.59. The number of rotatable bonds is 1. The summed E-state index contributed by atoms with van der Waals surface area (Å²) in [5.41, 5.74) is 2.36. The van der Waals surface area contributed by atoms with Gasteiger partial charge in [-0.25, -0.2) is 9.37 Å². The Bertz CT molecular complexity index is 698. The van der Waals surface area contributed by atoms with Crippen LogP contribution in [0, 0.1) is 5.82 Å². The van der Waals surface area contributed by atoms with Crippen LogP contribution in [-0.4, -0.2) is 9.97 Å². The van der Waals surface area contributed by atoms with Crippen molar-refractivity contribution < 1.29 is 4.39 Å². The van der Waals surface area contributed by atoms with Crippen molar-refractivity contribution in [2.24, 2.45) is 0 Å². The average Bonchev–Trinajstić information content (AvgIpc) is 2.73. The molecular formula is C13H7Br2FN2. The summed E-state index contributed by atoms with van der Waals surface area (Å²) >= 11 is 6.63. The predicted molar refractivity (Wildman–Crippen MR) is 76.9 cm³/mol. The van der Waals surface area contributed by atoms with Crippen LogP contribution in [0.25, 0.3) is 22.4 Å². The molecule has 0 bridgehead atoms. The Labute approximate surface area is 119 Å². The molecule has 0 unspecified atom stereocenters. The van der Waals surface area contributed by atoms with Gasteiger partial charge in [0.2, 0.25) is 0 Å². The molecule has 0 aliphatic heterocycles. The van der Waals surface area contributed by atoms with E-state index < -0.39 is 0 Å². The second kappa shape index (κ2) is 4.48. The fourth-order valence-electron chi connectivity index (χ4n) is 1.79. The van der Waals surface area contributed by atoms with E-state index in [9.17, 15) is 4.39 Å². The van der Waals surface area contributed by atoms with E-state index in [-0.39, 0.29) is 5.82 Å². The topological polar surface area (TPSA) is 28.7 Å². The quantitative estimate of drug-likeness (QED) is 0.649. The highest BCUT2D eigenvalue weighted by Crippen LogP contribution is 2.29. The minimum absolute atomic E-state index is 0.301. The van der Waals surface area contributed by atoms with Crippen LogP contribution in [0.1, 0.15) is 0 Å². The molecule has 0 saturated carbocycles. The third kappa shape index (κ3) is 1.97. The van der Waals surface area contributed by atoms with Crippen LogP contribution in [0.4, 0.5) is 4.39 Å². The number of halogens is 3. The van der Waals surface area contributed by atoms with Crippen molar-refractivity contribution in [3.63, 3.8) is 0 Å². The first-order valence-corrected chi connectivity index (χ1v) is 6.83. The van der Waals surface area contributed by atoms with E-state index in [4.69, 9.17) is 0 Å². The first-order valence-electron chi connectivity index (χ1n) is 5.25. The van der Waals surface area contributed by atoms with Crippen molar-refractivity contribution in [2.45, 2.75) is 0 Å². The van der Waals surface area contributed by atoms with Crippen molar-refractivity contribution >= 4 is 42.9 Å². The lowest BCUT2D eigenvalue weighted by atomic mass is 10.2. The second-order valence-electron chi connectivity index (χ2n) is 3.85. The Morgan fingerprint density at radius 2 is 1.83 bits per heavy atom. The predicted octanol–water partition coefficient (Wildman–Crippen LogP) is 4.89. The Balaban J connectivity index is 2.23. The molecule has 1 N–H and O–H groups in total. The van der Waals surface area contributed by atoms with Gasteiger partial charge in [-0.05, 0) is 28.1 Å². The SMILES string of the molecule is Fc1cc2[nH]c(-c3ccccc3Br)nc2cc1Br. The van der Waals surface area contributed by atoms with Crippen LogP contribution in [0.2, 0.25) is 0 Å². The molecule has 0 fully saturated rings. The molecule has 0 saturated heterocycles. The first kappa shape index (κ1) is 11.9. The highest BCUT2D eigenvalue weighted by molar-refractivity contribution is 9.10. The highest BCUT2D eigenvalue weighted by atomic mass is 79.9. The van der Waals surface area contributed by atoms with Gasteiger partial charge in [-0.15, -0.1) is 0 Å². The summed E-state index contributed by atoms with van der Waals surface area (Å²) in [7, 11) is 0. The number of aromatic nitrogens is 2. The van der Waals surface area contributed by atoms with Crippen molar-refractivity contribution in [1.82, 2.24) is 9.97 Å². The number of aromatic amines is 1. The third-order valence-corrected chi connectivity index (χ3v) is 3.95. The number of nitrogens with one attached hydrogen (secondary N) is 1. The molecule has 3 rings (SSSR count). The van der Waals surface area contributed by atoms with Crippen LogP contribution in [0.15, 0.2) is 45.3 Å². The van der Waals surface area contributed by atoms with E-state index in [1.807, 2.05) is 24.3 Å². The second-order valence-corrected chi connectivity index (χ2v) is 5.56. The van der Waals surface area contributed by atoms with Crippen LogP contribution in [0.3, 0.4) is 0 Å². The van der Waals surface area contributed by atoms with Gasteiger partial charge in [0.1, 0.15) is 11.6 Å². The van der Waals surface area contributed by atoms with E-state index >= 15 is 0 Å². The van der Waals surface area contributed by atoms with Gasteiger partial charge in [-0.1, -0.05) is 34.1 Å². The molecule has 0 atom stereocenters. The molecule has 2 aromatic carbocycles. The van der Waals surface area contributed by atoms with Gasteiger partial charge in [0.15, 0.2) is 0 Å². The molecule has 1 aromatic heterocycles. The Morgan fingerprint density at radius 1 is 1.06 bits per heavy atom. The lowest BCUT2D eigenvalue weighted by Gasteiger charge is -1.98. The van der Waals surface area contributed by atoms with Crippen molar-refractivity contribution in [3.8, 4) is 11.4 Å². The molecule has 0 radical (unpaired) electrons. The third-order valence-electron chi connectivity index (χ3n) is 2.65. The van der Waals surface area contributed by atoms with Gasteiger partial charge < -0.3 is 4.98 Å². The molecule has 18 heavy (non-hydrogen) atoms. The largest absolute Gasteiger partial charge is 0.338 e. The maximum absolute atomic E-state index is 13.4. The van der Waals surface area contributed by atoms with Crippen LogP contribution in [-0.2, 0) is 0 Å². The van der Waals surface area contributed by atoms with Crippen molar-refractivity contribution in [2.75, 3.05) is 0 Å². The smallest absolute Gasteiger partial charge is 0.139 e. The standard InChI is InChI=1S/C13H7Br2FN2/c14-8-4-2-1-3-7(8)13-17-11-5-9(15)10(16)6-12(11)18-13/h1-6H,(H,17,18). The summed E-state index contributed by atoms with van der Waals surface area (Å²) in [6.45, 7) is 0. The van der Waals surface area contributed by atoms with Crippen molar-refractivity contribution in [1.29, 1.82) is 0 Å². The zero-order chi connectivity index (χ0) is 12.7. The molecule has 0 amide bonds. The number of benzene rings is 2. The zero-order valence-corrected chi connectivity index (χ0v) is 12.2. The summed E-state index contributed by atoms with van der Waals surface area (Å²) in [5, 5.41) is 0. The molecule has 3 aromatic rings. The van der Waals surface area contributed by atoms with Gasteiger partial charge in [0.05, 0.1) is 15.5 Å². The van der Waals surface area contributed by atoms with E-state index in [2.05, 4.69) is 41.8 Å². The Kier molecular flexibility index (Phi) is 2.95. The molecule has 0 aliphatic rings. The number of nitrogens with zero attached hydrogens (tertiary/aromatic N) is 1. The maximum Gasteiger partial charge on any atom is 0.139 e. The van der Waals surface area contributed by atoms with Crippen LogP contribution >= 0.6 is 31.9 Å². The Morgan fingerprint density at radius 3 is 2.61 bits per heavy atom. The normalized spacial score (nSPS) is 11.1. The number of H-pyrrole nitrogens is 1. The van der Waals surface area contributed by atoms with Crippen molar-refractivity contribution in [3.05, 3.63) is 51.2 Å². The van der Waals surface area contributed by atoms with Crippen LogP contribution < -0.4 is 0 Å². The van der Waals surface area contributed by atoms with Gasteiger partial charge in [0.25, 0.3) is 0 Å². The molecule has 5 heteroatoms. The van der Waals surface area contributed by atoms with Crippen LogP contribution in [0.5, 0.6) is 0 Å². The summed E-state index contributed by atoms with van der Waals surface area (Å²) in [6, 6.07) is 10.9. The number of hydrogen-bond donors (Lipinski definition) is 1. The minimum atomic E-state index is -0.301. The highest BCUT2D eigenvalue weighted by Gasteiger charge is 2.10. The fraction of sp³-hybridized carbons (Fsp3) is 0. The van der Waals surface area contributed by atoms with Gasteiger partial charge >= 0.3 is 0 Å². The van der Waals surface area contributed by atoms with Gasteiger partial charge in [-0.2, -0.15) is 0 Å². The van der Waals surface area contributed by atoms with Gasteiger partial charge in [-0.3, -0.25) is 0 Å². The summed E-state index contributed by atoms with van der Waals surface area (Å²) < 4.78 is 14.8. The Hall–Kier alpha value is -1.20. The molecular weight excluding hydrogens is 363 g/mol. The van der Waals surface area contributed by atoms with E-state index in [1.165, 1.54) is 6.07 Å². The molecule has 90 valence electrons. The first-order chi connectivity index (χ1) is 8.65. The van der Waals surface area contributed by atoms with E-state index in [0.717, 1.165) is 21.4 Å². The number of fused-ring (bicyclic) bond motifs is 1. The molecule has 2 nitrogen and oxygen atoms in total. The molecule has 0 spiro atoms. The zero-order valence-electron chi connectivity index (χ0n) is 9.05. The minimum Gasteiger partial charge on any atom is -0.338 e. The summed E-state index contributed by atoms with van der Waals surface area (Å²) in [5.74, 6) is 0.416. The molecule has 1 heterocycles. The lowest BCUT2D eigenvalue weighted by molar-refractivity contribution is 0.623. The average molecular weight is 370 g/mol. The lowest BCUT2D eigenvalue weighted by Crippen LogP contribution is -1.81. The number of imidazole rings is 1. The summed E-state index contributed by atoms with van der Waals surface area (Å²) in [4.78, 5) is 7.58.